The molecule has 1 aliphatic heterocycles. The van der Waals surface area contributed by atoms with E-state index in [0.29, 0.717) is 24.8 Å². The Morgan fingerprint density at radius 1 is 1.21 bits per heavy atom. The molecule has 0 spiro atoms. The molecule has 1 fully saturated rings. The summed E-state index contributed by atoms with van der Waals surface area (Å²) in [5.41, 5.74) is 5.53. The Morgan fingerprint density at radius 3 is 2.79 bits per heavy atom. The van der Waals surface area contributed by atoms with Crippen molar-refractivity contribution in [3.63, 3.8) is 0 Å². The second-order valence-corrected chi connectivity index (χ2v) is 8.99. The number of hydrogen-bond acceptors (Lipinski definition) is 5. The molecule has 1 atom stereocenters. The number of aromatic nitrogens is 3. The van der Waals surface area contributed by atoms with Crippen molar-refractivity contribution in [2.45, 2.75) is 19.6 Å². The van der Waals surface area contributed by atoms with Crippen LogP contribution in [0.25, 0.3) is 22.2 Å². The molecule has 1 aliphatic rings. The van der Waals surface area contributed by atoms with Crippen LogP contribution in [0.4, 0.5) is 5.69 Å². The first-order chi connectivity index (χ1) is 16.5. The number of fused-ring (bicyclic) bond motifs is 1. The monoisotopic (exact) mass is 478 g/mol. The van der Waals surface area contributed by atoms with Crippen LogP contribution < -0.4 is 10.5 Å². The first kappa shape index (κ1) is 22.7. The molecule has 5 rings (SSSR count). The lowest BCUT2D eigenvalue weighted by Crippen LogP contribution is -2.36. The molecule has 0 bridgehead atoms. The highest BCUT2D eigenvalue weighted by Gasteiger charge is 2.16. The summed E-state index contributed by atoms with van der Waals surface area (Å²) in [6.45, 7) is 5.58. The number of aromatic amines is 1. The van der Waals surface area contributed by atoms with Gasteiger partial charge in [0.2, 0.25) is 0 Å². The van der Waals surface area contributed by atoms with Gasteiger partial charge in [0.05, 0.1) is 37.7 Å². The summed E-state index contributed by atoms with van der Waals surface area (Å²) >= 11 is 6.31. The lowest BCUT2D eigenvalue weighted by molar-refractivity contribution is 0.122. The summed E-state index contributed by atoms with van der Waals surface area (Å²) in [6.07, 6.45) is 5.64. The minimum Gasteiger partial charge on any atom is -0.380 e. The van der Waals surface area contributed by atoms with E-state index in [1.807, 2.05) is 49.8 Å². The number of ether oxygens (including phenoxy) is 2. The molecule has 34 heavy (non-hydrogen) atoms. The zero-order valence-electron chi connectivity index (χ0n) is 19.3. The lowest BCUT2D eigenvalue weighted by Gasteiger charge is -2.28. The first-order valence-corrected chi connectivity index (χ1v) is 11.7. The average molecular weight is 479 g/mol. The molecule has 1 saturated heterocycles. The van der Waals surface area contributed by atoms with E-state index in [2.05, 4.69) is 20.9 Å². The Morgan fingerprint density at radius 2 is 2.03 bits per heavy atom. The van der Waals surface area contributed by atoms with E-state index in [1.54, 1.807) is 17.7 Å². The van der Waals surface area contributed by atoms with Gasteiger partial charge in [-0.3, -0.25) is 4.79 Å². The maximum atomic E-state index is 13.2. The van der Waals surface area contributed by atoms with Gasteiger partial charge in [-0.05, 0) is 47.9 Å². The summed E-state index contributed by atoms with van der Waals surface area (Å²) in [6, 6.07) is 11.4. The number of hydrogen-bond donors (Lipinski definition) is 1. The van der Waals surface area contributed by atoms with E-state index in [-0.39, 0.29) is 11.6 Å². The molecule has 176 valence electrons. The van der Waals surface area contributed by atoms with E-state index in [9.17, 15) is 4.79 Å². The molecule has 7 nitrogen and oxygen atoms in total. The van der Waals surface area contributed by atoms with Crippen molar-refractivity contribution in [3.05, 3.63) is 81.5 Å². The highest BCUT2D eigenvalue weighted by molar-refractivity contribution is 6.30. The number of anilines is 1. The summed E-state index contributed by atoms with van der Waals surface area (Å²) in [4.78, 5) is 23.3. The van der Waals surface area contributed by atoms with Gasteiger partial charge in [-0.25, -0.2) is 4.98 Å². The van der Waals surface area contributed by atoms with Crippen LogP contribution in [0, 0.1) is 0 Å². The third-order valence-electron chi connectivity index (χ3n) is 6.34. The molecule has 1 N–H and O–H groups in total. The minimum atomic E-state index is -0.173. The van der Waals surface area contributed by atoms with Crippen molar-refractivity contribution in [1.29, 1.82) is 0 Å². The Kier molecular flexibility index (Phi) is 6.41. The SMILES string of the molecule is COCc1cc(Cl)cc(C(C)n2ccc(-c3c[nH]c4ncc(N5CCOCC5)cc34)cc2=O)c1. The van der Waals surface area contributed by atoms with E-state index >= 15 is 0 Å². The predicted octanol–water partition coefficient (Wildman–Crippen LogP) is 4.64. The van der Waals surface area contributed by atoms with Crippen molar-refractivity contribution in [2.24, 2.45) is 0 Å². The van der Waals surface area contributed by atoms with Crippen molar-refractivity contribution < 1.29 is 9.47 Å². The van der Waals surface area contributed by atoms with Gasteiger partial charge in [0.15, 0.2) is 0 Å². The largest absolute Gasteiger partial charge is 0.380 e. The van der Waals surface area contributed by atoms with Crippen LogP contribution in [0.5, 0.6) is 0 Å². The highest BCUT2D eigenvalue weighted by Crippen LogP contribution is 2.30. The molecule has 3 aromatic heterocycles. The number of benzene rings is 1. The van der Waals surface area contributed by atoms with Crippen LogP contribution in [0.2, 0.25) is 5.02 Å². The molecule has 8 heteroatoms. The molecule has 4 aromatic rings. The van der Waals surface area contributed by atoms with Crippen molar-refractivity contribution in [2.75, 3.05) is 38.3 Å². The molecule has 0 amide bonds. The fourth-order valence-electron chi connectivity index (χ4n) is 4.53. The van der Waals surface area contributed by atoms with E-state index in [4.69, 9.17) is 21.1 Å². The van der Waals surface area contributed by atoms with Crippen molar-refractivity contribution in [3.8, 4) is 11.1 Å². The zero-order chi connectivity index (χ0) is 23.7. The van der Waals surface area contributed by atoms with Gasteiger partial charge < -0.3 is 23.9 Å². The van der Waals surface area contributed by atoms with Crippen LogP contribution in [0.3, 0.4) is 0 Å². The number of nitrogens with one attached hydrogen (secondary N) is 1. The molecule has 1 unspecified atom stereocenters. The summed E-state index contributed by atoms with van der Waals surface area (Å²) in [7, 11) is 1.65. The van der Waals surface area contributed by atoms with Crippen molar-refractivity contribution in [1.82, 2.24) is 14.5 Å². The predicted molar refractivity (Wildman–Crippen MR) is 135 cm³/mol. The van der Waals surface area contributed by atoms with Gasteiger partial charge >= 0.3 is 0 Å². The van der Waals surface area contributed by atoms with Gasteiger partial charge in [-0.1, -0.05) is 17.7 Å². The third-order valence-corrected chi connectivity index (χ3v) is 6.56. The second kappa shape index (κ2) is 9.62. The fraction of sp³-hybridized carbons (Fsp3) is 0.308. The van der Waals surface area contributed by atoms with Gasteiger partial charge in [-0.2, -0.15) is 0 Å². The second-order valence-electron chi connectivity index (χ2n) is 8.55. The summed E-state index contributed by atoms with van der Waals surface area (Å²) in [5.74, 6) is 0. The first-order valence-electron chi connectivity index (χ1n) is 11.3. The standard InChI is InChI=1S/C26H27ClN4O3/c1-17(20-9-18(16-33-2)10-21(27)11-20)31-4-3-19(12-25(31)32)24-15-29-26-23(24)13-22(14-28-26)30-5-7-34-8-6-30/h3-4,9-15,17H,5-8,16H2,1-2H3,(H,28,29). The normalized spacial score (nSPS) is 15.1. The number of H-pyrrole nitrogens is 1. The van der Waals surface area contributed by atoms with Gasteiger partial charge in [0.1, 0.15) is 5.65 Å². The number of halogens is 1. The highest BCUT2D eigenvalue weighted by atomic mass is 35.5. The number of morpholine rings is 1. The minimum absolute atomic E-state index is 0.0788. The molecule has 1 aromatic carbocycles. The molecular weight excluding hydrogens is 452 g/mol. The average Bonchev–Trinajstić information content (AvgIpc) is 3.27. The Bertz CT molecular complexity index is 1370. The van der Waals surface area contributed by atoms with Crippen LogP contribution in [-0.2, 0) is 16.1 Å². The topological polar surface area (TPSA) is 72.4 Å². The van der Waals surface area contributed by atoms with Gasteiger partial charge in [0, 0.05) is 54.6 Å². The quantitative estimate of drug-likeness (QED) is 0.437. The number of rotatable bonds is 6. The van der Waals surface area contributed by atoms with Gasteiger partial charge in [-0.15, -0.1) is 0 Å². The zero-order valence-corrected chi connectivity index (χ0v) is 20.0. The fourth-order valence-corrected chi connectivity index (χ4v) is 4.80. The van der Waals surface area contributed by atoms with E-state index in [1.165, 1.54) is 0 Å². The van der Waals surface area contributed by atoms with Crippen LogP contribution >= 0.6 is 11.6 Å². The third kappa shape index (κ3) is 4.46. The molecular formula is C26H27ClN4O3. The van der Waals surface area contributed by atoms with Crippen LogP contribution in [-0.4, -0.2) is 47.9 Å². The van der Waals surface area contributed by atoms with Crippen LogP contribution in [0.1, 0.15) is 24.1 Å². The summed E-state index contributed by atoms with van der Waals surface area (Å²) < 4.78 is 12.4. The molecule has 0 saturated carbocycles. The maximum Gasteiger partial charge on any atom is 0.251 e. The smallest absolute Gasteiger partial charge is 0.251 e. The Hall–Kier alpha value is -3.13. The number of pyridine rings is 2. The molecule has 0 aliphatic carbocycles. The lowest BCUT2D eigenvalue weighted by atomic mass is 10.0. The Balaban J connectivity index is 1.47. The maximum absolute atomic E-state index is 13.2. The number of methoxy groups -OCH3 is 1. The summed E-state index contributed by atoms with van der Waals surface area (Å²) in [5, 5.41) is 1.62. The van der Waals surface area contributed by atoms with E-state index in [0.717, 1.165) is 52.1 Å². The molecule has 0 radical (unpaired) electrons. The number of nitrogens with zero attached hydrogens (tertiary/aromatic N) is 3. The molecule has 4 heterocycles. The van der Waals surface area contributed by atoms with Crippen LogP contribution in [0.15, 0.2) is 59.8 Å². The van der Waals surface area contributed by atoms with Crippen molar-refractivity contribution >= 4 is 28.3 Å². The Labute approximate surface area is 202 Å². The van der Waals surface area contributed by atoms with Gasteiger partial charge in [0.25, 0.3) is 5.56 Å². The van der Waals surface area contributed by atoms with E-state index < -0.39 is 0 Å².